The number of rotatable bonds is 5. The van der Waals surface area contributed by atoms with E-state index in [0.717, 1.165) is 26.5 Å². The number of esters is 1. The molecule has 2 fully saturated rings. The number of benzene rings is 1. The second kappa shape index (κ2) is 5.68. The lowest BCUT2D eigenvalue weighted by Crippen LogP contribution is -2.26. The number of anilines is 1. The Hall–Kier alpha value is -0.550. The molecule has 0 heterocycles. The minimum absolute atomic E-state index is 0.306. The van der Waals surface area contributed by atoms with Crippen LogP contribution in [-0.2, 0) is 4.74 Å². The van der Waals surface area contributed by atoms with E-state index in [1.54, 1.807) is 0 Å². The Morgan fingerprint density at radius 3 is 2.35 bits per heavy atom. The molecular weight excluding hydrogens is 386 g/mol. The molecule has 20 heavy (non-hydrogen) atoms. The maximum Gasteiger partial charge on any atom is 0.340 e. The predicted octanol–water partition coefficient (Wildman–Crippen LogP) is 4.60. The van der Waals surface area contributed by atoms with Gasteiger partial charge in [-0.3, -0.25) is 0 Å². The molecule has 1 aromatic carbocycles. The molecule has 3 rings (SSSR count). The first-order valence-corrected chi connectivity index (χ1v) is 8.52. The summed E-state index contributed by atoms with van der Waals surface area (Å²) in [5, 5.41) is 3.61. The van der Waals surface area contributed by atoms with Crippen LogP contribution in [0.4, 0.5) is 5.69 Å². The summed E-state index contributed by atoms with van der Waals surface area (Å²) in [5.74, 6) is 1.23. The highest BCUT2D eigenvalue weighted by atomic mass is 79.9. The van der Waals surface area contributed by atoms with E-state index < -0.39 is 0 Å². The highest BCUT2D eigenvalue weighted by molar-refractivity contribution is 9.11. The van der Waals surface area contributed by atoms with Crippen molar-refractivity contribution in [2.24, 2.45) is 11.8 Å². The Kier molecular flexibility index (Phi) is 4.09. The smallest absolute Gasteiger partial charge is 0.340 e. The minimum atomic E-state index is -0.306. The van der Waals surface area contributed by atoms with Crippen LogP contribution in [0, 0.1) is 11.8 Å². The van der Waals surface area contributed by atoms with Crippen molar-refractivity contribution in [1.82, 2.24) is 0 Å². The van der Waals surface area contributed by atoms with Gasteiger partial charge in [-0.15, -0.1) is 0 Å². The summed E-state index contributed by atoms with van der Waals surface area (Å²) >= 11 is 6.99. The molecule has 0 aliphatic heterocycles. The van der Waals surface area contributed by atoms with Gasteiger partial charge >= 0.3 is 5.97 Å². The second-order valence-corrected chi connectivity index (χ2v) is 7.42. The highest BCUT2D eigenvalue weighted by Gasteiger charge is 2.42. The number of hydrogen-bond acceptors (Lipinski definition) is 3. The first-order valence-electron chi connectivity index (χ1n) is 6.94. The quantitative estimate of drug-likeness (QED) is 0.731. The average molecular weight is 403 g/mol. The number of halogens is 2. The van der Waals surface area contributed by atoms with Crippen LogP contribution in [0.5, 0.6) is 0 Å². The second-order valence-electron chi connectivity index (χ2n) is 5.65. The molecule has 0 aromatic heterocycles. The fourth-order valence-electron chi connectivity index (χ4n) is 2.69. The molecule has 2 aliphatic rings. The van der Waals surface area contributed by atoms with Gasteiger partial charge in [-0.2, -0.15) is 0 Å². The predicted molar refractivity (Wildman–Crippen MR) is 86.0 cm³/mol. The van der Waals surface area contributed by atoms with Crippen LogP contribution in [0.3, 0.4) is 0 Å². The van der Waals surface area contributed by atoms with Crippen molar-refractivity contribution in [2.75, 3.05) is 12.4 Å². The zero-order chi connectivity index (χ0) is 14.3. The van der Waals surface area contributed by atoms with Crippen LogP contribution in [-0.4, -0.2) is 19.1 Å². The first-order chi connectivity index (χ1) is 9.60. The Bertz CT molecular complexity index is 527. The number of carbonyl (C=O) groups is 1. The lowest BCUT2D eigenvalue weighted by atomic mass is 10.1. The summed E-state index contributed by atoms with van der Waals surface area (Å²) in [6, 6.07) is 4.28. The summed E-state index contributed by atoms with van der Waals surface area (Å²) in [7, 11) is 1.42. The van der Waals surface area contributed by atoms with Gasteiger partial charge in [0, 0.05) is 15.0 Å². The van der Waals surface area contributed by atoms with E-state index in [0.29, 0.717) is 11.6 Å². The van der Waals surface area contributed by atoms with E-state index in [4.69, 9.17) is 4.74 Å². The summed E-state index contributed by atoms with van der Waals surface area (Å²) in [4.78, 5) is 12.0. The van der Waals surface area contributed by atoms with E-state index in [2.05, 4.69) is 37.2 Å². The fourth-order valence-corrected chi connectivity index (χ4v) is 4.03. The largest absolute Gasteiger partial charge is 0.465 e. The maximum absolute atomic E-state index is 12.0. The van der Waals surface area contributed by atoms with Crippen LogP contribution < -0.4 is 5.32 Å². The standard InChI is InChI=1S/C15H17Br2NO2/c1-20-15(19)11-6-10(16)7-12(17)14(11)18-13(8-2-3-8)9-4-5-9/h6-9,13,18H,2-5H2,1H3. The Morgan fingerprint density at radius 1 is 1.25 bits per heavy atom. The number of methoxy groups -OCH3 is 1. The van der Waals surface area contributed by atoms with E-state index in [9.17, 15) is 4.79 Å². The SMILES string of the molecule is COC(=O)c1cc(Br)cc(Br)c1NC(C1CC1)C1CC1. The third-order valence-corrected chi connectivity index (χ3v) is 5.11. The van der Waals surface area contributed by atoms with Gasteiger partial charge in [-0.05, 0) is 65.6 Å². The van der Waals surface area contributed by atoms with E-state index in [-0.39, 0.29) is 5.97 Å². The number of ether oxygens (including phenoxy) is 1. The lowest BCUT2D eigenvalue weighted by molar-refractivity contribution is 0.0601. The first kappa shape index (κ1) is 14.4. The van der Waals surface area contributed by atoms with Crippen LogP contribution in [0.15, 0.2) is 21.1 Å². The van der Waals surface area contributed by atoms with Gasteiger partial charge in [0.2, 0.25) is 0 Å². The Labute approximate surface area is 135 Å². The van der Waals surface area contributed by atoms with Gasteiger partial charge in [-0.25, -0.2) is 4.79 Å². The molecule has 2 saturated carbocycles. The summed E-state index contributed by atoms with van der Waals surface area (Å²) in [5.41, 5.74) is 1.45. The molecule has 0 amide bonds. The molecular formula is C15H17Br2NO2. The fraction of sp³-hybridized carbons (Fsp3) is 0.533. The normalized spacial score (nSPS) is 18.2. The summed E-state index contributed by atoms with van der Waals surface area (Å²) < 4.78 is 6.67. The van der Waals surface area contributed by atoms with Gasteiger partial charge in [-0.1, -0.05) is 15.9 Å². The number of nitrogens with one attached hydrogen (secondary N) is 1. The topological polar surface area (TPSA) is 38.3 Å². The van der Waals surface area contributed by atoms with Crippen molar-refractivity contribution in [3.05, 3.63) is 26.6 Å². The molecule has 0 spiro atoms. The van der Waals surface area contributed by atoms with Crippen LogP contribution in [0.1, 0.15) is 36.0 Å². The van der Waals surface area contributed by atoms with Gasteiger partial charge in [0.05, 0.1) is 18.4 Å². The highest BCUT2D eigenvalue weighted by Crippen LogP contribution is 2.47. The van der Waals surface area contributed by atoms with Gasteiger partial charge in [0.15, 0.2) is 0 Å². The Balaban J connectivity index is 1.92. The van der Waals surface area contributed by atoms with Crippen molar-refractivity contribution in [1.29, 1.82) is 0 Å². The number of carbonyl (C=O) groups excluding carboxylic acids is 1. The zero-order valence-corrected chi connectivity index (χ0v) is 14.5. The molecule has 3 nitrogen and oxygen atoms in total. The van der Waals surface area contributed by atoms with Gasteiger partial charge in [0.25, 0.3) is 0 Å². The molecule has 0 radical (unpaired) electrons. The molecule has 1 aromatic rings. The minimum Gasteiger partial charge on any atom is -0.465 e. The monoisotopic (exact) mass is 401 g/mol. The third kappa shape index (κ3) is 3.03. The molecule has 0 saturated heterocycles. The maximum atomic E-state index is 12.0. The molecule has 0 bridgehead atoms. The van der Waals surface area contributed by atoms with Crippen molar-refractivity contribution in [3.8, 4) is 0 Å². The molecule has 0 unspecified atom stereocenters. The van der Waals surface area contributed by atoms with Crippen LogP contribution in [0.25, 0.3) is 0 Å². The van der Waals surface area contributed by atoms with Crippen LogP contribution >= 0.6 is 31.9 Å². The van der Waals surface area contributed by atoms with Crippen molar-refractivity contribution < 1.29 is 9.53 Å². The van der Waals surface area contributed by atoms with Crippen LogP contribution in [0.2, 0.25) is 0 Å². The average Bonchev–Trinajstić information content (AvgIpc) is 3.27. The van der Waals surface area contributed by atoms with E-state index in [1.165, 1.54) is 32.8 Å². The molecule has 5 heteroatoms. The van der Waals surface area contributed by atoms with E-state index >= 15 is 0 Å². The lowest BCUT2D eigenvalue weighted by Gasteiger charge is -2.22. The third-order valence-electron chi connectivity index (χ3n) is 4.03. The molecule has 108 valence electrons. The van der Waals surface area contributed by atoms with Gasteiger partial charge in [0.1, 0.15) is 0 Å². The summed E-state index contributed by atoms with van der Waals surface area (Å²) in [6.45, 7) is 0. The molecule has 2 aliphatic carbocycles. The van der Waals surface area contributed by atoms with Crippen molar-refractivity contribution in [3.63, 3.8) is 0 Å². The Morgan fingerprint density at radius 2 is 1.85 bits per heavy atom. The molecule has 0 atom stereocenters. The zero-order valence-electron chi connectivity index (χ0n) is 11.3. The van der Waals surface area contributed by atoms with Crippen molar-refractivity contribution >= 4 is 43.5 Å². The molecule has 1 N–H and O–H groups in total. The summed E-state index contributed by atoms with van der Waals surface area (Å²) in [6.07, 6.45) is 5.21. The van der Waals surface area contributed by atoms with E-state index in [1.807, 2.05) is 12.1 Å². The van der Waals surface area contributed by atoms with Gasteiger partial charge < -0.3 is 10.1 Å². The number of hydrogen-bond donors (Lipinski definition) is 1. The van der Waals surface area contributed by atoms with Crippen molar-refractivity contribution in [2.45, 2.75) is 31.7 Å².